The van der Waals surface area contributed by atoms with E-state index in [9.17, 15) is 0 Å². The Hall–Kier alpha value is -6.53. The Morgan fingerprint density at radius 2 is 1.42 bits per heavy atom. The minimum absolute atomic E-state index is 0.0708. The van der Waals surface area contributed by atoms with Crippen molar-refractivity contribution in [3.8, 4) is 22.6 Å². The van der Waals surface area contributed by atoms with Gasteiger partial charge in [-0.3, -0.25) is 4.98 Å². The first-order chi connectivity index (χ1) is 24.8. The molecule has 5 aromatic carbocycles. The minimum atomic E-state index is -0.458. The molecule has 3 aliphatic rings. The summed E-state index contributed by atoms with van der Waals surface area (Å²) in [4.78, 5) is 14.8. The lowest BCUT2D eigenvalue weighted by molar-refractivity contribution is 0.224. The van der Waals surface area contributed by atoms with Gasteiger partial charge in [0.2, 0.25) is 0 Å². The predicted molar refractivity (Wildman–Crippen MR) is 200 cm³/mol. The third-order valence-electron chi connectivity index (χ3n) is 9.91. The molecule has 0 fully saturated rings. The van der Waals surface area contributed by atoms with E-state index < -0.39 is 6.17 Å². The molecule has 0 saturated carbocycles. The van der Waals surface area contributed by atoms with Crippen molar-refractivity contribution < 1.29 is 4.74 Å². The zero-order chi connectivity index (χ0) is 33.0. The van der Waals surface area contributed by atoms with E-state index in [0.29, 0.717) is 0 Å². The minimum Gasteiger partial charge on any atom is -0.484 e. The van der Waals surface area contributed by atoms with Crippen LogP contribution in [0, 0.1) is 0 Å². The van der Waals surface area contributed by atoms with Crippen molar-refractivity contribution in [2.75, 3.05) is 0 Å². The van der Waals surface area contributed by atoms with Crippen molar-refractivity contribution in [3.63, 3.8) is 0 Å². The molecule has 10 rings (SSSR count). The maximum absolute atomic E-state index is 7.10. The van der Waals surface area contributed by atoms with Crippen molar-refractivity contribution in [2.45, 2.75) is 18.2 Å². The number of ether oxygens (including phenoxy) is 1. The standard InChI is InChI=1S/C44H31N5O/c1-3-12-28(13-4-1)29-14-9-15-30(26-29)42-46-43(31-16-11-25-45-27-31)48-44(47-42)36-21-10-20-33-34-23-24-38-39(41(34)50-40(33)36)35-19-7-8-22-37(35)49(38)32-17-5-2-6-18-32/h1-27,34,41-42H,(H,46,47,48). The summed E-state index contributed by atoms with van der Waals surface area (Å²) in [5.41, 5.74) is 10.9. The van der Waals surface area contributed by atoms with Crippen LogP contribution in [0.15, 0.2) is 168 Å². The molecule has 0 bridgehead atoms. The molecule has 0 spiro atoms. The molecular formula is C44H31N5O. The highest BCUT2D eigenvalue weighted by Crippen LogP contribution is 2.54. The van der Waals surface area contributed by atoms with Gasteiger partial charge in [0.05, 0.1) is 16.8 Å². The Labute approximate surface area is 289 Å². The predicted octanol–water partition coefficient (Wildman–Crippen LogP) is 9.43. The number of benzene rings is 5. The lowest BCUT2D eigenvalue weighted by Crippen LogP contribution is -2.36. The van der Waals surface area contributed by atoms with Crippen molar-refractivity contribution in [2.24, 2.45) is 9.98 Å². The van der Waals surface area contributed by atoms with Gasteiger partial charge in [-0.15, -0.1) is 0 Å². The fraction of sp³-hybridized carbons (Fsp3) is 0.0682. The molecule has 50 heavy (non-hydrogen) atoms. The van der Waals surface area contributed by atoms with E-state index in [2.05, 4.69) is 148 Å². The molecule has 3 unspecified atom stereocenters. The molecule has 0 radical (unpaired) electrons. The molecule has 238 valence electrons. The van der Waals surface area contributed by atoms with Crippen LogP contribution in [0.1, 0.15) is 51.7 Å². The lowest BCUT2D eigenvalue weighted by atomic mass is 9.85. The quantitative estimate of drug-likeness (QED) is 0.203. The smallest absolute Gasteiger partial charge is 0.169 e. The second-order valence-electron chi connectivity index (χ2n) is 12.8. The number of aliphatic imine (C=N–C) groups is 2. The highest BCUT2D eigenvalue weighted by atomic mass is 16.5. The van der Waals surface area contributed by atoms with Crippen LogP contribution in [-0.2, 0) is 0 Å². The summed E-state index contributed by atoms with van der Waals surface area (Å²) < 4.78 is 9.45. The van der Waals surface area contributed by atoms with Crippen LogP contribution >= 0.6 is 0 Å². The van der Waals surface area contributed by atoms with E-state index in [1.54, 1.807) is 6.20 Å². The van der Waals surface area contributed by atoms with Crippen LogP contribution in [0.4, 0.5) is 0 Å². The summed E-state index contributed by atoms with van der Waals surface area (Å²) >= 11 is 0. The number of nitrogens with one attached hydrogen (secondary N) is 1. The third kappa shape index (κ3) is 4.60. The second-order valence-corrected chi connectivity index (χ2v) is 12.8. The van der Waals surface area contributed by atoms with E-state index >= 15 is 0 Å². The van der Waals surface area contributed by atoms with Gasteiger partial charge in [-0.25, -0.2) is 9.98 Å². The van der Waals surface area contributed by atoms with Crippen molar-refractivity contribution in [1.82, 2.24) is 14.9 Å². The summed E-state index contributed by atoms with van der Waals surface area (Å²) in [5.74, 6) is 2.37. The summed E-state index contributed by atoms with van der Waals surface area (Å²) in [6, 6.07) is 48.5. The monoisotopic (exact) mass is 645 g/mol. The molecule has 2 aliphatic heterocycles. The van der Waals surface area contributed by atoms with Gasteiger partial charge in [-0.05, 0) is 65.2 Å². The average molecular weight is 646 g/mol. The molecule has 7 aromatic rings. The van der Waals surface area contributed by atoms with Gasteiger partial charge in [-0.2, -0.15) is 0 Å². The fourth-order valence-corrected chi connectivity index (χ4v) is 7.63. The maximum Gasteiger partial charge on any atom is 0.169 e. The SMILES string of the molecule is C1=CC2c3cccc(C4=NC(c5cccc(-c6ccccc6)c5)N=C(c5cccnc5)N4)c3OC2c2c1n(-c1ccccc1)c1ccccc21. The van der Waals surface area contributed by atoms with Crippen molar-refractivity contribution >= 4 is 28.7 Å². The van der Waals surface area contributed by atoms with Gasteiger partial charge in [0.25, 0.3) is 0 Å². The Bertz CT molecular complexity index is 2500. The molecule has 3 atom stereocenters. The third-order valence-corrected chi connectivity index (χ3v) is 9.91. The molecule has 6 heteroatoms. The second kappa shape index (κ2) is 11.6. The zero-order valence-corrected chi connectivity index (χ0v) is 27.0. The van der Waals surface area contributed by atoms with E-state index in [0.717, 1.165) is 62.2 Å². The Kier molecular flexibility index (Phi) is 6.59. The first kappa shape index (κ1) is 28.5. The number of hydrogen-bond donors (Lipinski definition) is 1. The highest BCUT2D eigenvalue weighted by Gasteiger charge is 2.41. The largest absolute Gasteiger partial charge is 0.484 e. The molecule has 1 aliphatic carbocycles. The summed E-state index contributed by atoms with van der Waals surface area (Å²) in [5, 5.41) is 4.78. The Balaban J connectivity index is 1.08. The van der Waals surface area contributed by atoms with Crippen molar-refractivity contribution in [3.05, 3.63) is 192 Å². The number of amidine groups is 2. The lowest BCUT2D eigenvalue weighted by Gasteiger charge is -2.24. The molecule has 4 heterocycles. The van der Waals surface area contributed by atoms with E-state index in [1.165, 1.54) is 16.5 Å². The zero-order valence-electron chi connectivity index (χ0n) is 27.0. The first-order valence-corrected chi connectivity index (χ1v) is 17.0. The Morgan fingerprint density at radius 1 is 0.660 bits per heavy atom. The van der Waals surface area contributed by atoms with Gasteiger partial charge in [0.1, 0.15) is 23.5 Å². The number of aromatic nitrogens is 2. The molecular weight excluding hydrogens is 615 g/mol. The molecule has 6 nitrogen and oxygen atoms in total. The van der Waals surface area contributed by atoms with Crippen LogP contribution in [0.3, 0.4) is 0 Å². The van der Waals surface area contributed by atoms with Crippen LogP contribution in [-0.4, -0.2) is 21.2 Å². The number of nitrogens with zero attached hydrogens (tertiary/aromatic N) is 4. The van der Waals surface area contributed by atoms with Crippen LogP contribution in [0.25, 0.3) is 33.8 Å². The van der Waals surface area contributed by atoms with Crippen LogP contribution < -0.4 is 10.1 Å². The topological polar surface area (TPSA) is 63.8 Å². The number of hydrogen-bond acceptors (Lipinski definition) is 5. The van der Waals surface area contributed by atoms with E-state index in [4.69, 9.17) is 14.7 Å². The fourth-order valence-electron chi connectivity index (χ4n) is 7.63. The average Bonchev–Trinajstić information content (AvgIpc) is 3.75. The van der Waals surface area contributed by atoms with E-state index in [-0.39, 0.29) is 12.0 Å². The van der Waals surface area contributed by atoms with Crippen molar-refractivity contribution in [1.29, 1.82) is 0 Å². The number of pyridine rings is 1. The van der Waals surface area contributed by atoms with Gasteiger partial charge in [-0.1, -0.05) is 103 Å². The first-order valence-electron chi connectivity index (χ1n) is 17.0. The molecule has 0 saturated heterocycles. The number of rotatable bonds is 5. The summed E-state index contributed by atoms with van der Waals surface area (Å²) in [7, 11) is 0. The summed E-state index contributed by atoms with van der Waals surface area (Å²) in [6.45, 7) is 0. The van der Waals surface area contributed by atoms with Gasteiger partial charge in [0, 0.05) is 46.1 Å². The van der Waals surface area contributed by atoms with Gasteiger partial charge < -0.3 is 14.6 Å². The van der Waals surface area contributed by atoms with Crippen LogP contribution in [0.2, 0.25) is 0 Å². The molecule has 0 amide bonds. The van der Waals surface area contributed by atoms with E-state index in [1.807, 2.05) is 24.4 Å². The summed E-state index contributed by atoms with van der Waals surface area (Å²) in [6.07, 6.45) is 7.56. The highest BCUT2D eigenvalue weighted by molar-refractivity contribution is 6.17. The van der Waals surface area contributed by atoms with Gasteiger partial charge >= 0.3 is 0 Å². The van der Waals surface area contributed by atoms with Gasteiger partial charge in [0.15, 0.2) is 6.17 Å². The number of para-hydroxylation sites is 3. The molecule has 2 aromatic heterocycles. The normalized spacial score (nSPS) is 18.7. The Morgan fingerprint density at radius 3 is 2.28 bits per heavy atom. The maximum atomic E-state index is 7.10. The number of fused-ring (bicyclic) bond motifs is 7. The van der Waals surface area contributed by atoms with Crippen LogP contribution in [0.5, 0.6) is 5.75 Å². The molecule has 1 N–H and O–H groups in total.